The zero-order chi connectivity index (χ0) is 16.7. The third-order valence-electron chi connectivity index (χ3n) is 4.82. The first-order valence-electron chi connectivity index (χ1n) is 8.10. The van der Waals surface area contributed by atoms with Crippen LogP contribution in [0.25, 0.3) is 0 Å². The first kappa shape index (κ1) is 17.3. The number of amides is 1. The van der Waals surface area contributed by atoms with E-state index in [-0.39, 0.29) is 24.5 Å². The molecule has 1 amide bonds. The Kier molecular flexibility index (Phi) is 6.00. The summed E-state index contributed by atoms with van der Waals surface area (Å²) in [6, 6.07) is 9.25. The molecule has 0 spiro atoms. The molecule has 0 aromatic heterocycles. The summed E-state index contributed by atoms with van der Waals surface area (Å²) in [6.45, 7) is 3.71. The Hall–Kier alpha value is -2.06. The molecule has 0 aliphatic carbocycles. The van der Waals surface area contributed by atoms with Crippen LogP contribution in [0.15, 0.2) is 24.3 Å². The molecule has 124 valence electrons. The minimum Gasteiger partial charge on any atom is -0.479 e. The van der Waals surface area contributed by atoms with Crippen molar-refractivity contribution < 1.29 is 14.6 Å². The lowest BCUT2D eigenvalue weighted by atomic mass is 9.77. The molecule has 1 fully saturated rings. The number of carbonyl (C=O) groups excluding carboxylic acids is 1. The molecule has 1 aromatic carbocycles. The molecule has 0 radical (unpaired) electrons. The molecule has 23 heavy (non-hydrogen) atoms. The number of nitrogens with zero attached hydrogens (tertiary/aromatic N) is 2. The Morgan fingerprint density at radius 2 is 2.17 bits per heavy atom. The van der Waals surface area contributed by atoms with Crippen LogP contribution in [0.4, 0.5) is 0 Å². The van der Waals surface area contributed by atoms with E-state index in [0.29, 0.717) is 25.3 Å². The average Bonchev–Trinajstić information content (AvgIpc) is 2.60. The van der Waals surface area contributed by atoms with Crippen LogP contribution in [0.2, 0.25) is 0 Å². The molecule has 0 bridgehead atoms. The maximum absolute atomic E-state index is 12.5. The number of piperidine rings is 1. The van der Waals surface area contributed by atoms with E-state index in [4.69, 9.17) is 10.00 Å². The molecule has 1 aromatic rings. The van der Waals surface area contributed by atoms with Crippen LogP contribution in [0.1, 0.15) is 31.7 Å². The molecule has 0 atom stereocenters. The van der Waals surface area contributed by atoms with Crippen LogP contribution in [-0.2, 0) is 11.2 Å². The lowest BCUT2D eigenvalue weighted by Crippen LogP contribution is -2.44. The smallest absolute Gasteiger partial charge is 0.226 e. The van der Waals surface area contributed by atoms with E-state index in [2.05, 4.69) is 6.92 Å². The van der Waals surface area contributed by atoms with Crippen molar-refractivity contribution >= 4 is 5.91 Å². The lowest BCUT2D eigenvalue weighted by Gasteiger charge is -2.40. The maximum Gasteiger partial charge on any atom is 0.226 e. The summed E-state index contributed by atoms with van der Waals surface area (Å²) in [7, 11) is 0. The highest BCUT2D eigenvalue weighted by molar-refractivity contribution is 5.79. The van der Waals surface area contributed by atoms with Crippen molar-refractivity contribution in [1.29, 1.82) is 5.26 Å². The molecule has 5 nitrogen and oxygen atoms in total. The van der Waals surface area contributed by atoms with Gasteiger partial charge in [0.25, 0.3) is 0 Å². The van der Waals surface area contributed by atoms with E-state index in [1.165, 1.54) is 0 Å². The fourth-order valence-corrected chi connectivity index (χ4v) is 3.00. The van der Waals surface area contributed by atoms with Crippen molar-refractivity contribution in [2.24, 2.45) is 5.41 Å². The second-order valence-electron chi connectivity index (χ2n) is 6.16. The second kappa shape index (κ2) is 7.98. The highest BCUT2D eigenvalue weighted by Crippen LogP contribution is 2.34. The van der Waals surface area contributed by atoms with E-state index < -0.39 is 0 Å². The number of hydrogen-bond acceptors (Lipinski definition) is 4. The number of carbonyl (C=O) groups is 1. The van der Waals surface area contributed by atoms with Gasteiger partial charge in [0.2, 0.25) is 5.91 Å². The minimum absolute atomic E-state index is 0.00375. The summed E-state index contributed by atoms with van der Waals surface area (Å²) < 4.78 is 5.27. The van der Waals surface area contributed by atoms with Crippen LogP contribution in [0.3, 0.4) is 0 Å². The number of benzene rings is 1. The summed E-state index contributed by atoms with van der Waals surface area (Å²) in [5, 5.41) is 18.1. The number of hydrogen-bond donors (Lipinski definition) is 1. The Balaban J connectivity index is 1.92. The minimum atomic E-state index is -0.0121. The van der Waals surface area contributed by atoms with Crippen LogP contribution >= 0.6 is 0 Å². The van der Waals surface area contributed by atoms with Gasteiger partial charge in [-0.25, -0.2) is 0 Å². The first-order valence-corrected chi connectivity index (χ1v) is 8.10. The van der Waals surface area contributed by atoms with Gasteiger partial charge in [-0.05, 0) is 42.4 Å². The van der Waals surface area contributed by atoms with E-state index in [1.54, 1.807) is 6.07 Å². The fraction of sp³-hybridized carbons (Fsp3) is 0.556. The van der Waals surface area contributed by atoms with E-state index >= 15 is 0 Å². The topological polar surface area (TPSA) is 73.6 Å². The van der Waals surface area contributed by atoms with Gasteiger partial charge in [-0.3, -0.25) is 4.79 Å². The van der Waals surface area contributed by atoms with Gasteiger partial charge in [-0.15, -0.1) is 0 Å². The summed E-state index contributed by atoms with van der Waals surface area (Å²) in [4.78, 5) is 14.3. The van der Waals surface area contributed by atoms with Gasteiger partial charge < -0.3 is 14.7 Å². The normalized spacial score (nSPS) is 16.7. The van der Waals surface area contributed by atoms with Crippen molar-refractivity contribution in [1.82, 2.24) is 4.90 Å². The predicted octanol–water partition coefficient (Wildman–Crippen LogP) is 2.14. The Morgan fingerprint density at radius 1 is 1.43 bits per heavy atom. The number of nitriles is 1. The quantitative estimate of drug-likeness (QED) is 0.872. The fourth-order valence-electron chi connectivity index (χ4n) is 3.00. The first-order chi connectivity index (χ1) is 11.1. The Bertz CT molecular complexity index is 566. The van der Waals surface area contributed by atoms with Gasteiger partial charge in [-0.2, -0.15) is 5.26 Å². The van der Waals surface area contributed by atoms with Crippen LogP contribution in [0, 0.1) is 16.7 Å². The van der Waals surface area contributed by atoms with Gasteiger partial charge in [0.15, 0.2) is 6.61 Å². The monoisotopic (exact) mass is 316 g/mol. The Morgan fingerprint density at radius 3 is 2.78 bits per heavy atom. The summed E-state index contributed by atoms with van der Waals surface area (Å²) in [5.74, 6) is 0.714. The van der Waals surface area contributed by atoms with Gasteiger partial charge >= 0.3 is 0 Å². The van der Waals surface area contributed by atoms with Crippen molar-refractivity contribution in [3.63, 3.8) is 0 Å². The number of rotatable bonds is 6. The van der Waals surface area contributed by atoms with Crippen LogP contribution < -0.4 is 4.74 Å². The standard InChI is InChI=1S/C18H24N2O3/c1-2-18(14-21)6-9-20(10-7-18)17(22)13-15-4-3-5-16(12-15)23-11-8-19/h3-5,12,21H,2,6-7,9-11,13-14H2,1H3. The zero-order valence-corrected chi connectivity index (χ0v) is 13.6. The molecule has 1 N–H and O–H groups in total. The van der Waals surface area contributed by atoms with Crippen LogP contribution in [0.5, 0.6) is 5.75 Å². The highest BCUT2D eigenvalue weighted by Gasteiger charge is 2.33. The van der Waals surface area contributed by atoms with Crippen molar-refractivity contribution in [2.45, 2.75) is 32.6 Å². The van der Waals surface area contributed by atoms with Crippen molar-refractivity contribution in [3.05, 3.63) is 29.8 Å². The molecule has 1 aliphatic heterocycles. The second-order valence-corrected chi connectivity index (χ2v) is 6.16. The third-order valence-corrected chi connectivity index (χ3v) is 4.82. The van der Waals surface area contributed by atoms with Gasteiger partial charge in [0, 0.05) is 19.7 Å². The van der Waals surface area contributed by atoms with E-state index in [0.717, 1.165) is 24.8 Å². The SMILES string of the molecule is CCC1(CO)CCN(C(=O)Cc2cccc(OCC#N)c2)CC1. The van der Waals surface area contributed by atoms with Crippen LogP contribution in [-0.4, -0.2) is 42.2 Å². The summed E-state index contributed by atoms with van der Waals surface area (Å²) in [6.07, 6.45) is 3.00. The van der Waals surface area contributed by atoms with Crippen molar-refractivity contribution in [3.8, 4) is 11.8 Å². The molecular weight excluding hydrogens is 292 g/mol. The van der Waals surface area contributed by atoms with E-state index in [9.17, 15) is 9.90 Å². The number of aliphatic hydroxyl groups is 1. The molecule has 0 unspecified atom stereocenters. The Labute approximate surface area is 137 Å². The number of aliphatic hydroxyl groups excluding tert-OH is 1. The van der Waals surface area contributed by atoms with Gasteiger partial charge in [0.05, 0.1) is 6.42 Å². The van der Waals surface area contributed by atoms with E-state index in [1.807, 2.05) is 29.2 Å². The zero-order valence-electron chi connectivity index (χ0n) is 13.6. The molecule has 1 aliphatic rings. The summed E-state index contributed by atoms with van der Waals surface area (Å²) >= 11 is 0. The molecule has 2 rings (SSSR count). The molecular formula is C18H24N2O3. The number of likely N-dealkylation sites (tertiary alicyclic amines) is 1. The van der Waals surface area contributed by atoms with Gasteiger partial charge in [0.1, 0.15) is 11.8 Å². The third kappa shape index (κ3) is 4.46. The average molecular weight is 316 g/mol. The van der Waals surface area contributed by atoms with Crippen molar-refractivity contribution in [2.75, 3.05) is 26.3 Å². The molecule has 0 saturated carbocycles. The molecule has 5 heteroatoms. The molecule has 1 heterocycles. The van der Waals surface area contributed by atoms with Gasteiger partial charge in [-0.1, -0.05) is 19.1 Å². The predicted molar refractivity (Wildman–Crippen MR) is 86.9 cm³/mol. The molecule has 1 saturated heterocycles. The largest absolute Gasteiger partial charge is 0.479 e. The summed E-state index contributed by atoms with van der Waals surface area (Å²) in [5.41, 5.74) is 0.877. The number of ether oxygens (including phenoxy) is 1. The maximum atomic E-state index is 12.5. The lowest BCUT2D eigenvalue weighted by molar-refractivity contribution is -0.133. The highest BCUT2D eigenvalue weighted by atomic mass is 16.5.